The molecular formula is C26H25N3O5. The highest BCUT2D eigenvalue weighted by Crippen LogP contribution is 2.29. The first-order chi connectivity index (χ1) is 16.5. The van der Waals surface area contributed by atoms with Crippen molar-refractivity contribution in [3.05, 3.63) is 105 Å². The van der Waals surface area contributed by atoms with Crippen LogP contribution in [0.5, 0.6) is 0 Å². The van der Waals surface area contributed by atoms with Crippen LogP contribution in [0.4, 0.5) is 11.4 Å². The number of ether oxygens (including phenoxy) is 1. The molecule has 2 N–H and O–H groups in total. The van der Waals surface area contributed by atoms with Crippen LogP contribution in [0.2, 0.25) is 0 Å². The van der Waals surface area contributed by atoms with Crippen LogP contribution in [0.25, 0.3) is 0 Å². The van der Waals surface area contributed by atoms with Crippen molar-refractivity contribution in [3.63, 3.8) is 0 Å². The van der Waals surface area contributed by atoms with Gasteiger partial charge in [-0.25, -0.2) is 4.79 Å². The molecule has 0 spiro atoms. The highest BCUT2D eigenvalue weighted by molar-refractivity contribution is 5.97. The van der Waals surface area contributed by atoms with Gasteiger partial charge in [-0.2, -0.15) is 0 Å². The van der Waals surface area contributed by atoms with Gasteiger partial charge in [-0.15, -0.1) is 0 Å². The van der Waals surface area contributed by atoms with Gasteiger partial charge in [0.05, 0.1) is 16.5 Å². The maximum Gasteiger partial charge on any atom is 0.341 e. The first-order valence-electron chi connectivity index (χ1n) is 11.1. The third kappa shape index (κ3) is 5.58. The number of hydrogen-bond donors (Lipinski definition) is 2. The van der Waals surface area contributed by atoms with Crippen molar-refractivity contribution >= 4 is 23.3 Å². The Balaban J connectivity index is 1.42. The Bertz CT molecular complexity index is 1200. The molecule has 3 aromatic carbocycles. The minimum Gasteiger partial charge on any atom is -0.452 e. The second-order valence-corrected chi connectivity index (χ2v) is 8.11. The minimum atomic E-state index is -0.807. The van der Waals surface area contributed by atoms with Gasteiger partial charge in [0, 0.05) is 24.4 Å². The van der Waals surface area contributed by atoms with Crippen molar-refractivity contribution in [3.8, 4) is 0 Å². The van der Waals surface area contributed by atoms with Crippen LogP contribution < -0.4 is 10.6 Å². The van der Waals surface area contributed by atoms with Gasteiger partial charge in [0.1, 0.15) is 0 Å². The number of nitro benzene ring substituents is 1. The van der Waals surface area contributed by atoms with Crippen molar-refractivity contribution in [1.29, 1.82) is 0 Å². The van der Waals surface area contributed by atoms with Gasteiger partial charge in [0.25, 0.3) is 11.6 Å². The zero-order chi connectivity index (χ0) is 23.9. The number of non-ortho nitro benzene ring substituents is 1. The maximum absolute atomic E-state index is 12.8. The van der Waals surface area contributed by atoms with E-state index < -0.39 is 23.4 Å². The van der Waals surface area contributed by atoms with E-state index in [-0.39, 0.29) is 17.3 Å². The van der Waals surface area contributed by atoms with Crippen LogP contribution >= 0.6 is 0 Å². The van der Waals surface area contributed by atoms with Gasteiger partial charge in [0.2, 0.25) is 0 Å². The Labute approximate surface area is 197 Å². The highest BCUT2D eigenvalue weighted by Gasteiger charge is 2.23. The molecule has 0 fully saturated rings. The summed E-state index contributed by atoms with van der Waals surface area (Å²) in [4.78, 5) is 35.9. The summed E-state index contributed by atoms with van der Waals surface area (Å²) in [5.74, 6) is -1.22. The minimum absolute atomic E-state index is 0.000873. The summed E-state index contributed by atoms with van der Waals surface area (Å²) in [7, 11) is 0. The van der Waals surface area contributed by atoms with Crippen molar-refractivity contribution in [2.75, 3.05) is 11.9 Å². The quantitative estimate of drug-likeness (QED) is 0.290. The summed E-state index contributed by atoms with van der Waals surface area (Å²) < 4.78 is 5.23. The van der Waals surface area contributed by atoms with Crippen molar-refractivity contribution in [2.24, 2.45) is 0 Å². The van der Waals surface area contributed by atoms with Crippen molar-refractivity contribution < 1.29 is 19.2 Å². The maximum atomic E-state index is 12.8. The van der Waals surface area contributed by atoms with Gasteiger partial charge in [-0.3, -0.25) is 14.9 Å². The van der Waals surface area contributed by atoms with Crippen LogP contribution in [0.3, 0.4) is 0 Å². The fourth-order valence-corrected chi connectivity index (χ4v) is 4.11. The van der Waals surface area contributed by atoms with Crippen molar-refractivity contribution in [1.82, 2.24) is 5.32 Å². The van der Waals surface area contributed by atoms with E-state index in [4.69, 9.17) is 4.74 Å². The number of hydrogen-bond acceptors (Lipinski definition) is 6. The van der Waals surface area contributed by atoms with Crippen LogP contribution in [-0.4, -0.2) is 23.4 Å². The monoisotopic (exact) mass is 459 g/mol. The fourth-order valence-electron chi connectivity index (χ4n) is 4.11. The zero-order valence-electron chi connectivity index (χ0n) is 18.5. The first-order valence-corrected chi connectivity index (χ1v) is 11.1. The molecule has 1 atom stereocenters. The molecule has 3 aromatic rings. The van der Waals surface area contributed by atoms with Crippen LogP contribution in [-0.2, 0) is 22.5 Å². The molecule has 0 radical (unpaired) electrons. The lowest BCUT2D eigenvalue weighted by molar-refractivity contribution is -0.384. The molecule has 1 amide bonds. The van der Waals surface area contributed by atoms with E-state index >= 15 is 0 Å². The molecule has 8 heteroatoms. The summed E-state index contributed by atoms with van der Waals surface area (Å²) in [6.07, 6.45) is 2.75. The average molecular weight is 460 g/mol. The number of rotatable bonds is 8. The number of nitro groups is 1. The van der Waals surface area contributed by atoms with E-state index in [2.05, 4.69) is 16.7 Å². The third-order valence-corrected chi connectivity index (χ3v) is 5.80. The van der Waals surface area contributed by atoms with E-state index in [9.17, 15) is 19.7 Å². The van der Waals surface area contributed by atoms with Gasteiger partial charge in [-0.05, 0) is 42.0 Å². The summed E-state index contributed by atoms with van der Waals surface area (Å²) in [6.45, 7) is -0.0567. The number of esters is 1. The van der Waals surface area contributed by atoms with E-state index in [0.29, 0.717) is 12.2 Å². The largest absolute Gasteiger partial charge is 0.452 e. The number of anilines is 1. The number of aryl methyl sites for hydroxylation is 1. The van der Waals surface area contributed by atoms with E-state index in [1.807, 2.05) is 48.5 Å². The second-order valence-electron chi connectivity index (χ2n) is 8.11. The molecule has 4 rings (SSSR count). The Hall–Kier alpha value is -4.20. The SMILES string of the molecule is O=C(COC(=O)c1cc([N+](=O)[O-])ccc1NCc1ccccc1)N[C@H]1CCCc2ccccc21. The Morgan fingerprint density at radius 1 is 1.03 bits per heavy atom. The van der Waals surface area contributed by atoms with Gasteiger partial charge < -0.3 is 15.4 Å². The van der Waals surface area contributed by atoms with Crippen molar-refractivity contribution in [2.45, 2.75) is 31.8 Å². The number of carbonyl (C=O) groups is 2. The Kier molecular flexibility index (Phi) is 7.17. The molecule has 1 aliphatic rings. The Morgan fingerprint density at radius 3 is 2.59 bits per heavy atom. The standard InChI is InChI=1S/C26H25N3O5/c30-25(28-24-12-6-10-19-9-4-5-11-21(19)24)17-34-26(31)22-15-20(29(32)33)13-14-23(22)27-16-18-7-2-1-3-8-18/h1-5,7-9,11,13-15,24,27H,6,10,12,16-17H2,(H,28,30)/t24-/m0/s1. The van der Waals surface area contributed by atoms with E-state index in [1.54, 1.807) is 0 Å². The van der Waals surface area contributed by atoms with Crippen LogP contribution in [0.15, 0.2) is 72.8 Å². The van der Waals surface area contributed by atoms with Crippen LogP contribution in [0, 0.1) is 10.1 Å². The summed E-state index contributed by atoms with van der Waals surface area (Å²) >= 11 is 0. The molecule has 0 heterocycles. The fraction of sp³-hybridized carbons (Fsp3) is 0.231. The molecule has 174 valence electrons. The Morgan fingerprint density at radius 2 is 1.79 bits per heavy atom. The van der Waals surface area contributed by atoms with E-state index in [0.717, 1.165) is 36.5 Å². The first kappa shape index (κ1) is 23.0. The molecule has 0 bridgehead atoms. The molecule has 0 saturated carbocycles. The van der Waals surface area contributed by atoms with E-state index in [1.165, 1.54) is 17.7 Å². The summed E-state index contributed by atoms with van der Waals surface area (Å²) in [6, 6.07) is 21.3. The lowest BCUT2D eigenvalue weighted by atomic mass is 9.88. The number of amides is 1. The summed E-state index contributed by atoms with van der Waals surface area (Å²) in [5.41, 5.74) is 3.43. The van der Waals surface area contributed by atoms with Gasteiger partial charge >= 0.3 is 5.97 Å². The normalized spacial score (nSPS) is 14.5. The predicted molar refractivity (Wildman–Crippen MR) is 127 cm³/mol. The molecule has 8 nitrogen and oxygen atoms in total. The van der Waals surface area contributed by atoms with Crippen LogP contribution in [0.1, 0.15) is 45.9 Å². The topological polar surface area (TPSA) is 111 Å². The lowest BCUT2D eigenvalue weighted by Gasteiger charge is -2.26. The summed E-state index contributed by atoms with van der Waals surface area (Å²) in [5, 5.41) is 17.3. The molecule has 0 aliphatic heterocycles. The zero-order valence-corrected chi connectivity index (χ0v) is 18.5. The average Bonchev–Trinajstić information content (AvgIpc) is 2.86. The van der Waals surface area contributed by atoms with Gasteiger partial charge in [-0.1, -0.05) is 54.6 Å². The second kappa shape index (κ2) is 10.6. The molecule has 1 aliphatic carbocycles. The number of nitrogens with one attached hydrogen (secondary N) is 2. The number of benzene rings is 3. The highest BCUT2D eigenvalue weighted by atomic mass is 16.6. The smallest absolute Gasteiger partial charge is 0.341 e. The van der Waals surface area contributed by atoms with Gasteiger partial charge in [0.15, 0.2) is 6.61 Å². The molecule has 0 unspecified atom stereocenters. The molecule has 34 heavy (non-hydrogen) atoms. The lowest BCUT2D eigenvalue weighted by Crippen LogP contribution is -2.34. The predicted octanol–water partition coefficient (Wildman–Crippen LogP) is 4.56. The third-order valence-electron chi connectivity index (χ3n) is 5.80. The number of fused-ring (bicyclic) bond motifs is 1. The molecular weight excluding hydrogens is 434 g/mol. The molecule has 0 saturated heterocycles. The number of nitrogens with zero attached hydrogens (tertiary/aromatic N) is 1. The molecule has 0 aromatic heterocycles. The number of carbonyl (C=O) groups excluding carboxylic acids is 2.